The van der Waals surface area contributed by atoms with Gasteiger partial charge in [0.15, 0.2) is 0 Å². The lowest BCUT2D eigenvalue weighted by atomic mass is 10.1. The van der Waals surface area contributed by atoms with Gasteiger partial charge in [-0.3, -0.25) is 0 Å². The summed E-state index contributed by atoms with van der Waals surface area (Å²) in [5.41, 5.74) is 7.65. The summed E-state index contributed by atoms with van der Waals surface area (Å²) in [5, 5.41) is 9.67. The van der Waals surface area contributed by atoms with Crippen molar-refractivity contribution in [1.29, 1.82) is 0 Å². The summed E-state index contributed by atoms with van der Waals surface area (Å²) in [6.45, 7) is 0. The van der Waals surface area contributed by atoms with Gasteiger partial charge in [0.05, 0.1) is 11.4 Å². The van der Waals surface area contributed by atoms with Gasteiger partial charge in [0.2, 0.25) is 0 Å². The third kappa shape index (κ3) is 3.46. The molecule has 0 heterocycles. The highest BCUT2D eigenvalue weighted by Gasteiger charge is 2.08. The highest BCUT2D eigenvalue weighted by molar-refractivity contribution is 7.67. The van der Waals surface area contributed by atoms with E-state index < -0.39 is 11.0 Å². The number of hydrogen-bond acceptors (Lipinski definition) is 6. The minimum absolute atomic E-state index is 0.231. The van der Waals surface area contributed by atoms with Crippen LogP contribution in [-0.2, 0) is 11.0 Å². The maximum absolute atomic E-state index is 10.8. The van der Waals surface area contributed by atoms with Crippen LogP contribution in [0.3, 0.4) is 0 Å². The van der Waals surface area contributed by atoms with E-state index in [9.17, 15) is 8.42 Å². The van der Waals surface area contributed by atoms with Crippen LogP contribution in [0.25, 0.3) is 10.8 Å². The molecule has 0 aliphatic heterocycles. The number of anilines is 1. The van der Waals surface area contributed by atoms with Crippen LogP contribution in [0.1, 0.15) is 0 Å². The normalized spacial score (nSPS) is 11.3. The van der Waals surface area contributed by atoms with E-state index in [1.165, 1.54) is 0 Å². The van der Waals surface area contributed by atoms with Crippen molar-refractivity contribution in [2.24, 2.45) is 10.2 Å². The maximum Gasteiger partial charge on any atom is 0.299 e. The van der Waals surface area contributed by atoms with Crippen molar-refractivity contribution >= 4 is 38.8 Å². The lowest BCUT2D eigenvalue weighted by molar-refractivity contribution is 0.513. The molecule has 0 aliphatic rings. The van der Waals surface area contributed by atoms with E-state index in [1.54, 1.807) is 30.3 Å². The van der Waals surface area contributed by atoms with Crippen LogP contribution in [0, 0.1) is 0 Å². The molecule has 3 rings (SSSR count). The third-order valence-corrected chi connectivity index (χ3v) is 3.53. The summed E-state index contributed by atoms with van der Waals surface area (Å²) in [6, 6.07) is 17.6. The van der Waals surface area contributed by atoms with Crippen LogP contribution in [-0.4, -0.2) is 8.42 Å². The SMILES string of the molecule is Nc1ccc2c(O[SH](=O)=O)ccc(N=Nc3ccccc3)c2c1. The van der Waals surface area contributed by atoms with Gasteiger partial charge in [0.1, 0.15) is 5.75 Å². The first-order valence-corrected chi connectivity index (χ1v) is 7.84. The minimum atomic E-state index is -3.00. The lowest BCUT2D eigenvalue weighted by Gasteiger charge is -2.07. The average Bonchev–Trinajstić information content (AvgIpc) is 2.54. The average molecular weight is 327 g/mol. The van der Waals surface area contributed by atoms with Gasteiger partial charge >= 0.3 is 0 Å². The van der Waals surface area contributed by atoms with Gasteiger partial charge in [-0.05, 0) is 42.5 Å². The van der Waals surface area contributed by atoms with Gasteiger partial charge in [0.25, 0.3) is 11.0 Å². The van der Waals surface area contributed by atoms with E-state index in [-0.39, 0.29) is 5.75 Å². The molecule has 0 radical (unpaired) electrons. The summed E-state index contributed by atoms with van der Waals surface area (Å²) in [6.07, 6.45) is 0. The Labute approximate surface area is 134 Å². The first-order chi connectivity index (χ1) is 11.1. The van der Waals surface area contributed by atoms with Gasteiger partial charge in [-0.1, -0.05) is 18.2 Å². The zero-order chi connectivity index (χ0) is 16.2. The zero-order valence-electron chi connectivity index (χ0n) is 11.9. The molecule has 0 spiro atoms. The molecular formula is C16H13N3O3S. The molecule has 23 heavy (non-hydrogen) atoms. The Bertz CT molecular complexity index is 945. The standard InChI is InChI=1S/C16H13N3O3S/c17-11-6-7-13-14(10-11)15(8-9-16(13)22-23(20)21)19-18-12-4-2-1-3-5-12/h1-10,23H,17H2. The molecule has 0 bridgehead atoms. The summed E-state index contributed by atoms with van der Waals surface area (Å²) in [5.74, 6) is 0.231. The molecule has 0 saturated carbocycles. The second-order valence-electron chi connectivity index (χ2n) is 4.74. The highest BCUT2D eigenvalue weighted by atomic mass is 32.2. The Morgan fingerprint density at radius 1 is 0.870 bits per heavy atom. The molecule has 2 N–H and O–H groups in total. The molecule has 3 aromatic carbocycles. The van der Waals surface area contributed by atoms with E-state index in [4.69, 9.17) is 9.92 Å². The summed E-state index contributed by atoms with van der Waals surface area (Å²) in [7, 11) is -3.00. The van der Waals surface area contributed by atoms with Gasteiger partial charge < -0.3 is 9.92 Å². The van der Waals surface area contributed by atoms with Gasteiger partial charge in [-0.25, -0.2) is 0 Å². The topological polar surface area (TPSA) is 94.1 Å². The highest BCUT2D eigenvalue weighted by Crippen LogP contribution is 2.35. The molecule has 0 amide bonds. The Morgan fingerprint density at radius 3 is 2.39 bits per heavy atom. The molecular weight excluding hydrogens is 314 g/mol. The number of nitrogens with zero attached hydrogens (tertiary/aromatic N) is 2. The molecule has 0 aromatic heterocycles. The second-order valence-corrected chi connectivity index (χ2v) is 5.37. The lowest BCUT2D eigenvalue weighted by Crippen LogP contribution is -1.92. The third-order valence-electron chi connectivity index (χ3n) is 3.18. The van der Waals surface area contributed by atoms with E-state index in [0.717, 1.165) is 0 Å². The number of fused-ring (bicyclic) bond motifs is 1. The van der Waals surface area contributed by atoms with E-state index in [0.29, 0.717) is 27.8 Å². The molecule has 0 aliphatic carbocycles. The predicted octanol–water partition coefficient (Wildman–Crippen LogP) is 3.74. The number of nitrogens with two attached hydrogens (primary N) is 1. The van der Waals surface area contributed by atoms with Crippen molar-refractivity contribution in [1.82, 2.24) is 0 Å². The minimum Gasteiger partial charge on any atom is -0.399 e. The van der Waals surface area contributed by atoms with Crippen LogP contribution < -0.4 is 9.92 Å². The van der Waals surface area contributed by atoms with Gasteiger partial charge in [-0.2, -0.15) is 13.5 Å². The van der Waals surface area contributed by atoms with Crippen molar-refractivity contribution in [3.63, 3.8) is 0 Å². The van der Waals surface area contributed by atoms with Crippen molar-refractivity contribution in [2.75, 3.05) is 5.73 Å². The van der Waals surface area contributed by atoms with E-state index >= 15 is 0 Å². The van der Waals surface area contributed by atoms with E-state index in [2.05, 4.69) is 10.2 Å². The number of hydrogen-bond donors (Lipinski definition) is 2. The molecule has 0 unspecified atom stereocenters. The van der Waals surface area contributed by atoms with Crippen LogP contribution in [0.5, 0.6) is 5.75 Å². The van der Waals surface area contributed by atoms with E-state index in [1.807, 2.05) is 30.3 Å². The largest absolute Gasteiger partial charge is 0.399 e. The molecule has 3 aromatic rings. The fraction of sp³-hybridized carbons (Fsp3) is 0. The Hall–Kier alpha value is -2.93. The molecule has 6 nitrogen and oxygen atoms in total. The van der Waals surface area contributed by atoms with Crippen molar-refractivity contribution in [2.45, 2.75) is 0 Å². The summed E-state index contributed by atoms with van der Waals surface area (Å²) in [4.78, 5) is 0. The van der Waals surface area contributed by atoms with Gasteiger partial charge in [0, 0.05) is 16.5 Å². The first kappa shape index (κ1) is 15.0. The fourth-order valence-corrected chi connectivity index (χ4v) is 2.50. The monoisotopic (exact) mass is 327 g/mol. The zero-order valence-corrected chi connectivity index (χ0v) is 12.8. The quantitative estimate of drug-likeness (QED) is 0.433. The molecule has 0 fully saturated rings. The first-order valence-electron chi connectivity index (χ1n) is 6.75. The Kier molecular flexibility index (Phi) is 4.20. The number of azo groups is 1. The number of benzene rings is 3. The molecule has 0 saturated heterocycles. The Morgan fingerprint density at radius 2 is 1.65 bits per heavy atom. The smallest absolute Gasteiger partial charge is 0.299 e. The molecule has 7 heteroatoms. The summed E-state index contributed by atoms with van der Waals surface area (Å²) < 4.78 is 26.5. The van der Waals surface area contributed by atoms with Crippen molar-refractivity contribution in [3.8, 4) is 5.75 Å². The number of nitrogen functional groups attached to an aromatic ring is 1. The molecule has 116 valence electrons. The molecule has 0 atom stereocenters. The van der Waals surface area contributed by atoms with Crippen LogP contribution in [0.15, 0.2) is 70.9 Å². The van der Waals surface area contributed by atoms with Crippen molar-refractivity contribution < 1.29 is 12.6 Å². The fourth-order valence-electron chi connectivity index (χ4n) is 2.18. The van der Waals surface area contributed by atoms with Crippen LogP contribution in [0.4, 0.5) is 17.1 Å². The maximum atomic E-state index is 10.8. The van der Waals surface area contributed by atoms with Crippen LogP contribution >= 0.6 is 0 Å². The Balaban J connectivity index is 2.11. The van der Waals surface area contributed by atoms with Gasteiger partial charge in [-0.15, -0.1) is 5.11 Å². The number of rotatable bonds is 4. The number of thiol groups is 1. The van der Waals surface area contributed by atoms with Crippen molar-refractivity contribution in [3.05, 3.63) is 60.7 Å². The summed E-state index contributed by atoms with van der Waals surface area (Å²) >= 11 is 0. The predicted molar refractivity (Wildman–Crippen MR) is 89.9 cm³/mol. The van der Waals surface area contributed by atoms with Crippen LogP contribution in [0.2, 0.25) is 0 Å². The second kappa shape index (κ2) is 6.45.